The van der Waals surface area contributed by atoms with E-state index in [1.54, 1.807) is 4.57 Å². The summed E-state index contributed by atoms with van der Waals surface area (Å²) in [6.07, 6.45) is 0.978. The monoisotopic (exact) mass is 257 g/mol. The number of ether oxygens (including phenoxy) is 1. The Kier molecular flexibility index (Phi) is 4.51. The van der Waals surface area contributed by atoms with Crippen LogP contribution in [0.1, 0.15) is 39.3 Å². The van der Waals surface area contributed by atoms with Crippen molar-refractivity contribution in [3.05, 3.63) is 20.7 Å². The highest BCUT2D eigenvalue weighted by Crippen LogP contribution is 2.10. The highest BCUT2D eigenvalue weighted by Gasteiger charge is 2.15. The minimum absolute atomic E-state index is 0.0340. The van der Waals surface area contributed by atoms with Crippen LogP contribution in [0.2, 0.25) is 0 Å². The van der Waals surface area contributed by atoms with Gasteiger partial charge in [-0.3, -0.25) is 9.59 Å². The molecule has 4 nitrogen and oxygen atoms in total. The summed E-state index contributed by atoms with van der Waals surface area (Å²) in [7, 11) is 0. The topological polar surface area (TPSA) is 48.3 Å². The number of nitrogens with zero attached hydrogens (tertiary/aromatic N) is 1. The maximum absolute atomic E-state index is 11.5. The number of rotatable bonds is 4. The molecule has 0 radical (unpaired) electrons. The first kappa shape index (κ1) is 14.0. The van der Waals surface area contributed by atoms with Gasteiger partial charge in [0.2, 0.25) is 0 Å². The van der Waals surface area contributed by atoms with Gasteiger partial charge in [0.25, 0.3) is 0 Å². The van der Waals surface area contributed by atoms with Crippen molar-refractivity contribution in [1.29, 1.82) is 0 Å². The SMILES string of the molecule is Cc1csc(=O)n1CCCC(=O)OC(C)(C)C. The second kappa shape index (κ2) is 5.49. The molecule has 0 aliphatic carbocycles. The van der Waals surface area contributed by atoms with Gasteiger partial charge in [-0.25, -0.2) is 0 Å². The Morgan fingerprint density at radius 2 is 2.12 bits per heavy atom. The van der Waals surface area contributed by atoms with Crippen LogP contribution in [0.15, 0.2) is 10.2 Å². The van der Waals surface area contributed by atoms with E-state index < -0.39 is 5.60 Å². The minimum atomic E-state index is -0.438. The van der Waals surface area contributed by atoms with Gasteiger partial charge in [-0.15, -0.1) is 0 Å². The largest absolute Gasteiger partial charge is 0.460 e. The predicted octanol–water partition coefficient (Wildman–Crippen LogP) is 2.34. The summed E-state index contributed by atoms with van der Waals surface area (Å²) in [6, 6.07) is 0. The van der Waals surface area contributed by atoms with E-state index in [2.05, 4.69) is 0 Å². The molecule has 0 spiro atoms. The molecule has 0 amide bonds. The minimum Gasteiger partial charge on any atom is -0.460 e. The van der Waals surface area contributed by atoms with Gasteiger partial charge in [-0.1, -0.05) is 11.3 Å². The van der Waals surface area contributed by atoms with Gasteiger partial charge in [-0.2, -0.15) is 0 Å². The fourth-order valence-corrected chi connectivity index (χ4v) is 2.21. The Labute approximate surface area is 105 Å². The molecule has 0 aromatic carbocycles. The highest BCUT2D eigenvalue weighted by molar-refractivity contribution is 7.07. The first-order chi connectivity index (χ1) is 7.79. The third kappa shape index (κ3) is 4.73. The Morgan fingerprint density at radius 3 is 2.59 bits per heavy atom. The zero-order valence-corrected chi connectivity index (χ0v) is 11.6. The van der Waals surface area contributed by atoms with Gasteiger partial charge in [0.05, 0.1) is 0 Å². The molecule has 5 heteroatoms. The summed E-state index contributed by atoms with van der Waals surface area (Å²) in [5.74, 6) is -0.210. The Morgan fingerprint density at radius 1 is 1.47 bits per heavy atom. The van der Waals surface area contributed by atoms with E-state index in [1.165, 1.54) is 11.3 Å². The number of carbonyl (C=O) groups excluding carboxylic acids is 1. The van der Waals surface area contributed by atoms with E-state index in [9.17, 15) is 9.59 Å². The number of carbonyl (C=O) groups is 1. The van der Waals surface area contributed by atoms with Crippen LogP contribution in [0.25, 0.3) is 0 Å². The molecular formula is C12H19NO3S. The van der Waals surface area contributed by atoms with Crippen LogP contribution in [0.4, 0.5) is 0 Å². The number of hydrogen-bond acceptors (Lipinski definition) is 4. The van der Waals surface area contributed by atoms with Crippen LogP contribution >= 0.6 is 11.3 Å². The van der Waals surface area contributed by atoms with Crippen molar-refractivity contribution >= 4 is 17.3 Å². The molecule has 1 rings (SSSR count). The van der Waals surface area contributed by atoms with Crippen molar-refractivity contribution in [2.24, 2.45) is 0 Å². The molecule has 1 aromatic rings. The molecule has 0 aliphatic heterocycles. The van der Waals surface area contributed by atoms with E-state index in [-0.39, 0.29) is 10.8 Å². The van der Waals surface area contributed by atoms with Crippen LogP contribution in [0, 0.1) is 6.92 Å². The molecule has 1 aromatic heterocycles. The first-order valence-corrected chi connectivity index (χ1v) is 6.54. The Balaban J connectivity index is 2.39. The molecular weight excluding hydrogens is 238 g/mol. The summed E-state index contributed by atoms with van der Waals surface area (Å²) in [5, 5.41) is 1.83. The normalized spacial score (nSPS) is 11.5. The third-order valence-electron chi connectivity index (χ3n) is 2.16. The summed E-state index contributed by atoms with van der Waals surface area (Å²) in [5.41, 5.74) is 0.510. The highest BCUT2D eigenvalue weighted by atomic mass is 32.1. The number of aryl methyl sites for hydroxylation is 1. The third-order valence-corrected chi connectivity index (χ3v) is 3.04. The molecule has 0 saturated carbocycles. The summed E-state index contributed by atoms with van der Waals surface area (Å²) >= 11 is 1.19. The van der Waals surface area contributed by atoms with Crippen molar-refractivity contribution in [1.82, 2.24) is 4.57 Å². The van der Waals surface area contributed by atoms with Crippen molar-refractivity contribution in [3.8, 4) is 0 Å². The quantitative estimate of drug-likeness (QED) is 0.778. The lowest BCUT2D eigenvalue weighted by Crippen LogP contribution is -2.24. The lowest BCUT2D eigenvalue weighted by Gasteiger charge is -2.19. The van der Waals surface area contributed by atoms with Gasteiger partial charge < -0.3 is 9.30 Å². The molecule has 17 heavy (non-hydrogen) atoms. The lowest BCUT2D eigenvalue weighted by atomic mass is 10.2. The fourth-order valence-electron chi connectivity index (χ4n) is 1.45. The molecule has 0 bridgehead atoms. The fraction of sp³-hybridized carbons (Fsp3) is 0.667. The van der Waals surface area contributed by atoms with E-state index in [4.69, 9.17) is 4.74 Å². The number of aromatic nitrogens is 1. The lowest BCUT2D eigenvalue weighted by molar-refractivity contribution is -0.154. The van der Waals surface area contributed by atoms with Gasteiger partial charge in [0, 0.05) is 24.0 Å². The van der Waals surface area contributed by atoms with Crippen LogP contribution < -0.4 is 4.87 Å². The summed E-state index contributed by atoms with van der Waals surface area (Å²) in [4.78, 5) is 22.9. The molecule has 96 valence electrons. The van der Waals surface area contributed by atoms with Crippen LogP contribution in [-0.4, -0.2) is 16.1 Å². The standard InChI is InChI=1S/C12H19NO3S/c1-9-8-17-11(15)13(9)7-5-6-10(14)16-12(2,3)4/h8H,5-7H2,1-4H3. The van der Waals surface area contributed by atoms with E-state index in [0.717, 1.165) is 5.69 Å². The molecule has 0 atom stereocenters. The number of esters is 1. The number of thiazole rings is 1. The second-order valence-corrected chi connectivity index (χ2v) is 5.81. The summed E-state index contributed by atoms with van der Waals surface area (Å²) in [6.45, 7) is 8.01. The first-order valence-electron chi connectivity index (χ1n) is 5.66. The van der Waals surface area contributed by atoms with E-state index >= 15 is 0 Å². The average molecular weight is 257 g/mol. The zero-order chi connectivity index (χ0) is 13.1. The van der Waals surface area contributed by atoms with Crippen LogP contribution in [-0.2, 0) is 16.1 Å². The molecule has 0 N–H and O–H groups in total. The maximum Gasteiger partial charge on any atom is 0.307 e. The maximum atomic E-state index is 11.5. The van der Waals surface area contributed by atoms with Gasteiger partial charge in [-0.05, 0) is 34.1 Å². The van der Waals surface area contributed by atoms with Gasteiger partial charge in [0.15, 0.2) is 0 Å². The molecule has 0 saturated heterocycles. The molecule has 0 unspecified atom stereocenters. The van der Waals surface area contributed by atoms with Crippen molar-refractivity contribution in [3.63, 3.8) is 0 Å². The van der Waals surface area contributed by atoms with Crippen molar-refractivity contribution in [2.45, 2.75) is 52.7 Å². The molecule has 0 aliphatic rings. The Hall–Kier alpha value is -1.10. The number of hydrogen-bond donors (Lipinski definition) is 0. The zero-order valence-electron chi connectivity index (χ0n) is 10.8. The average Bonchev–Trinajstić information content (AvgIpc) is 2.46. The van der Waals surface area contributed by atoms with E-state index in [1.807, 2.05) is 33.1 Å². The van der Waals surface area contributed by atoms with Crippen molar-refractivity contribution in [2.75, 3.05) is 0 Å². The smallest absolute Gasteiger partial charge is 0.307 e. The second-order valence-electron chi connectivity index (χ2n) is 4.98. The van der Waals surface area contributed by atoms with Gasteiger partial charge in [0.1, 0.15) is 5.60 Å². The predicted molar refractivity (Wildman–Crippen MR) is 68.4 cm³/mol. The Bertz CT molecular complexity index is 439. The van der Waals surface area contributed by atoms with Gasteiger partial charge >= 0.3 is 10.8 Å². The molecule has 0 fully saturated rings. The summed E-state index contributed by atoms with van der Waals surface area (Å²) < 4.78 is 6.88. The molecule has 1 heterocycles. The van der Waals surface area contributed by atoms with Crippen LogP contribution in [0.3, 0.4) is 0 Å². The van der Waals surface area contributed by atoms with Crippen LogP contribution in [0.5, 0.6) is 0 Å². The van der Waals surface area contributed by atoms with Crippen molar-refractivity contribution < 1.29 is 9.53 Å². The van der Waals surface area contributed by atoms with E-state index in [0.29, 0.717) is 19.4 Å².